The van der Waals surface area contributed by atoms with E-state index in [1.165, 1.54) is 38.3 Å². The van der Waals surface area contributed by atoms with Crippen LogP contribution in [0.25, 0.3) is 0 Å². The summed E-state index contributed by atoms with van der Waals surface area (Å²) in [5, 5.41) is 7.73. The second-order valence-electron chi connectivity index (χ2n) is 5.93. The molecule has 3 N–H and O–H groups in total. The van der Waals surface area contributed by atoms with Crippen LogP contribution in [0.3, 0.4) is 0 Å². The second-order valence-corrected chi connectivity index (χ2v) is 5.93. The van der Waals surface area contributed by atoms with Crippen LogP contribution in [-0.4, -0.2) is 16.9 Å². The van der Waals surface area contributed by atoms with Crippen LogP contribution in [0.5, 0.6) is 0 Å². The number of rotatable bonds is 10. The van der Waals surface area contributed by atoms with Crippen LogP contribution in [0.1, 0.15) is 63.1 Å². The van der Waals surface area contributed by atoms with Gasteiger partial charge < -0.3 is 5.73 Å². The van der Waals surface area contributed by atoms with E-state index in [1.807, 2.05) is 6.07 Å². The highest BCUT2D eigenvalue weighted by atomic mass is 19.4. The maximum atomic E-state index is 12.4. The Morgan fingerprint density at radius 1 is 1.17 bits per heavy atom. The van der Waals surface area contributed by atoms with Gasteiger partial charge in [0, 0.05) is 6.20 Å². The molecule has 0 aromatic carbocycles. The molecule has 134 valence electrons. The van der Waals surface area contributed by atoms with E-state index < -0.39 is 11.9 Å². The Bertz CT molecular complexity index is 551. The molecule has 3 nitrogen and oxygen atoms in total. The third-order valence-corrected chi connectivity index (χ3v) is 3.80. The predicted molar refractivity (Wildman–Crippen MR) is 91.1 cm³/mol. The lowest BCUT2D eigenvalue weighted by Gasteiger charge is -2.07. The largest absolute Gasteiger partial charge is 0.430 e. The number of nitrogens with one attached hydrogen (secondary N) is 1. The van der Waals surface area contributed by atoms with Crippen molar-refractivity contribution >= 4 is 5.71 Å². The Morgan fingerprint density at radius 3 is 2.42 bits per heavy atom. The van der Waals surface area contributed by atoms with Gasteiger partial charge in [-0.1, -0.05) is 45.4 Å². The van der Waals surface area contributed by atoms with E-state index in [-0.39, 0.29) is 11.4 Å². The molecule has 0 aliphatic rings. The molecule has 0 bridgehead atoms. The van der Waals surface area contributed by atoms with Crippen molar-refractivity contribution in [1.29, 1.82) is 5.41 Å². The van der Waals surface area contributed by atoms with Crippen LogP contribution in [0.2, 0.25) is 0 Å². The molecule has 0 radical (unpaired) electrons. The number of halogens is 3. The van der Waals surface area contributed by atoms with Gasteiger partial charge in [0.2, 0.25) is 0 Å². The minimum Gasteiger partial charge on any atom is -0.395 e. The fourth-order valence-electron chi connectivity index (χ4n) is 2.37. The molecule has 0 amide bonds. The van der Waals surface area contributed by atoms with Crippen molar-refractivity contribution in [1.82, 2.24) is 4.98 Å². The summed E-state index contributed by atoms with van der Waals surface area (Å²) < 4.78 is 37.2. The predicted octanol–water partition coefficient (Wildman–Crippen LogP) is 5.15. The van der Waals surface area contributed by atoms with Gasteiger partial charge in [-0.2, -0.15) is 13.2 Å². The lowest BCUT2D eigenvalue weighted by molar-refractivity contribution is -0.0925. The number of alkyl halides is 3. The summed E-state index contributed by atoms with van der Waals surface area (Å²) in [6, 6.07) is 3.50. The van der Waals surface area contributed by atoms with Gasteiger partial charge in [-0.05, 0) is 36.6 Å². The van der Waals surface area contributed by atoms with Crippen molar-refractivity contribution in [2.24, 2.45) is 5.73 Å². The molecule has 0 spiro atoms. The fraction of sp³-hybridized carbons (Fsp3) is 0.556. The van der Waals surface area contributed by atoms with Crippen LogP contribution < -0.4 is 5.73 Å². The number of aryl methyl sites for hydroxylation is 1. The first-order chi connectivity index (χ1) is 11.3. The third-order valence-electron chi connectivity index (χ3n) is 3.80. The monoisotopic (exact) mass is 341 g/mol. The summed E-state index contributed by atoms with van der Waals surface area (Å²) in [5.41, 5.74) is 4.52. The van der Waals surface area contributed by atoms with Crippen LogP contribution in [0, 0.1) is 5.41 Å². The number of hydrogen-bond donors (Lipinski definition) is 2. The topological polar surface area (TPSA) is 62.8 Å². The van der Waals surface area contributed by atoms with E-state index in [0.29, 0.717) is 6.08 Å². The first-order valence-corrected chi connectivity index (χ1v) is 8.42. The van der Waals surface area contributed by atoms with Crippen LogP contribution in [0.4, 0.5) is 13.2 Å². The Kier molecular flexibility index (Phi) is 8.50. The van der Waals surface area contributed by atoms with Crippen molar-refractivity contribution in [3.63, 3.8) is 0 Å². The van der Waals surface area contributed by atoms with Crippen LogP contribution in [0.15, 0.2) is 30.1 Å². The Labute approximate surface area is 141 Å². The van der Waals surface area contributed by atoms with E-state index in [0.717, 1.165) is 24.8 Å². The van der Waals surface area contributed by atoms with Gasteiger partial charge in [0.25, 0.3) is 0 Å². The molecule has 0 saturated heterocycles. The Balaban J connectivity index is 2.50. The summed E-state index contributed by atoms with van der Waals surface area (Å²) >= 11 is 0. The molecule has 1 heterocycles. The minimum atomic E-state index is -4.62. The van der Waals surface area contributed by atoms with E-state index in [9.17, 15) is 13.2 Å². The second kappa shape index (κ2) is 10.1. The summed E-state index contributed by atoms with van der Waals surface area (Å²) in [7, 11) is 0. The first-order valence-electron chi connectivity index (χ1n) is 8.42. The van der Waals surface area contributed by atoms with Crippen molar-refractivity contribution in [3.05, 3.63) is 41.4 Å². The molecule has 1 aromatic rings. The van der Waals surface area contributed by atoms with Crippen molar-refractivity contribution in [2.45, 2.75) is 64.5 Å². The van der Waals surface area contributed by atoms with Crippen LogP contribution >= 0.6 is 0 Å². The number of pyridine rings is 1. The van der Waals surface area contributed by atoms with Gasteiger partial charge >= 0.3 is 6.18 Å². The molecule has 0 aliphatic heterocycles. The SMILES string of the molecule is CCCCCCCCCc1ccnc(C(=N)C=C(N)C(F)(F)F)c1. The van der Waals surface area contributed by atoms with E-state index in [4.69, 9.17) is 11.1 Å². The molecule has 1 rings (SSSR count). The number of allylic oxidation sites excluding steroid dienone is 2. The zero-order chi connectivity index (χ0) is 18.0. The molecule has 0 atom stereocenters. The molecule has 0 aliphatic carbocycles. The van der Waals surface area contributed by atoms with E-state index >= 15 is 0 Å². The lowest BCUT2D eigenvalue weighted by atomic mass is 10.0. The maximum Gasteiger partial charge on any atom is 0.430 e. The highest BCUT2D eigenvalue weighted by Gasteiger charge is 2.31. The van der Waals surface area contributed by atoms with Gasteiger partial charge in [-0.15, -0.1) is 0 Å². The zero-order valence-corrected chi connectivity index (χ0v) is 14.1. The standard InChI is InChI=1S/C18H26F3N3/c1-2-3-4-5-6-7-8-9-14-10-11-24-16(12-14)15(22)13-17(23)18(19,20)21/h10-13,22H,2-9,23H2,1H3. The first kappa shape index (κ1) is 20.2. The highest BCUT2D eigenvalue weighted by Crippen LogP contribution is 2.21. The molecule has 0 fully saturated rings. The molecule has 0 saturated carbocycles. The summed E-state index contributed by atoms with van der Waals surface area (Å²) in [5.74, 6) is 0. The zero-order valence-electron chi connectivity index (χ0n) is 14.1. The minimum absolute atomic E-state index is 0.211. The van der Waals surface area contributed by atoms with Gasteiger partial charge in [0.15, 0.2) is 0 Å². The lowest BCUT2D eigenvalue weighted by Crippen LogP contribution is -2.20. The molecular weight excluding hydrogens is 315 g/mol. The number of nitrogens with zero attached hydrogens (tertiary/aromatic N) is 1. The normalized spacial score (nSPS) is 12.4. The van der Waals surface area contributed by atoms with Gasteiger partial charge in [0.05, 0.1) is 11.4 Å². The van der Waals surface area contributed by atoms with Gasteiger partial charge in [-0.25, -0.2) is 0 Å². The third kappa shape index (κ3) is 7.62. The Morgan fingerprint density at radius 2 is 1.79 bits per heavy atom. The number of nitrogens with two attached hydrogens (primary N) is 1. The maximum absolute atomic E-state index is 12.4. The quantitative estimate of drug-likeness (QED) is 0.457. The molecule has 1 aromatic heterocycles. The fourth-order valence-corrected chi connectivity index (χ4v) is 2.37. The smallest absolute Gasteiger partial charge is 0.395 e. The average Bonchev–Trinajstić information content (AvgIpc) is 2.53. The summed E-state index contributed by atoms with van der Waals surface area (Å²) in [6.45, 7) is 2.19. The summed E-state index contributed by atoms with van der Waals surface area (Å²) in [4.78, 5) is 3.96. The highest BCUT2D eigenvalue weighted by molar-refractivity contribution is 6.05. The summed E-state index contributed by atoms with van der Waals surface area (Å²) in [6.07, 6.45) is 6.78. The van der Waals surface area contributed by atoms with Crippen molar-refractivity contribution in [2.75, 3.05) is 0 Å². The molecule has 0 unspecified atom stereocenters. The van der Waals surface area contributed by atoms with Crippen molar-refractivity contribution in [3.8, 4) is 0 Å². The van der Waals surface area contributed by atoms with Crippen molar-refractivity contribution < 1.29 is 13.2 Å². The molecular formula is C18H26F3N3. The van der Waals surface area contributed by atoms with E-state index in [2.05, 4.69) is 11.9 Å². The number of hydrogen-bond acceptors (Lipinski definition) is 3. The van der Waals surface area contributed by atoms with Gasteiger partial charge in [0.1, 0.15) is 5.70 Å². The number of aromatic nitrogens is 1. The Hall–Kier alpha value is -1.85. The van der Waals surface area contributed by atoms with Gasteiger partial charge in [-0.3, -0.25) is 10.4 Å². The molecule has 6 heteroatoms. The number of unbranched alkanes of at least 4 members (excludes halogenated alkanes) is 6. The average molecular weight is 341 g/mol. The molecule has 24 heavy (non-hydrogen) atoms. The van der Waals surface area contributed by atoms with Crippen LogP contribution in [-0.2, 0) is 6.42 Å². The van der Waals surface area contributed by atoms with E-state index in [1.54, 1.807) is 6.07 Å².